The van der Waals surface area contributed by atoms with Crippen molar-refractivity contribution in [1.82, 2.24) is 0 Å². The van der Waals surface area contributed by atoms with Gasteiger partial charge in [-0.15, -0.1) is 0 Å². The summed E-state index contributed by atoms with van der Waals surface area (Å²) >= 11 is 0. The number of aryl methyl sites for hydroxylation is 1. The average molecular weight is 267 g/mol. The highest BCUT2D eigenvalue weighted by Crippen LogP contribution is 2.19. The van der Waals surface area contributed by atoms with Gasteiger partial charge in [-0.1, -0.05) is 42.5 Å². The van der Waals surface area contributed by atoms with Gasteiger partial charge < -0.3 is 10.5 Å². The van der Waals surface area contributed by atoms with Crippen LogP contribution in [0.15, 0.2) is 54.6 Å². The van der Waals surface area contributed by atoms with Crippen molar-refractivity contribution >= 4 is 12.0 Å². The fraction of sp³-hybridized carbons (Fsp3) is 0.118. The Morgan fingerprint density at radius 1 is 1.20 bits per heavy atom. The number of hydrogen-bond acceptors (Lipinski definition) is 2. The molecule has 0 fully saturated rings. The number of rotatable bonds is 5. The van der Waals surface area contributed by atoms with Gasteiger partial charge in [0.1, 0.15) is 12.4 Å². The molecule has 2 rings (SSSR count). The maximum Gasteiger partial charge on any atom is 0.248 e. The lowest BCUT2D eigenvalue weighted by Gasteiger charge is -2.08. The van der Waals surface area contributed by atoms with Gasteiger partial charge in [0, 0.05) is 5.56 Å². The van der Waals surface area contributed by atoms with Crippen molar-refractivity contribution in [3.63, 3.8) is 0 Å². The van der Waals surface area contributed by atoms with Crippen molar-refractivity contribution in [1.29, 1.82) is 0 Å². The number of primary amides is 1. The minimum atomic E-state index is -0.449. The molecule has 0 unspecified atom stereocenters. The van der Waals surface area contributed by atoms with Crippen molar-refractivity contribution in [2.45, 2.75) is 6.92 Å². The maximum absolute atomic E-state index is 11.1. The Morgan fingerprint density at radius 2 is 1.95 bits per heavy atom. The predicted octanol–water partition coefficient (Wildman–Crippen LogP) is 3.19. The molecular weight excluding hydrogens is 250 g/mol. The third-order valence-electron chi connectivity index (χ3n) is 2.92. The number of amides is 1. The quantitative estimate of drug-likeness (QED) is 0.904. The van der Waals surface area contributed by atoms with Crippen molar-refractivity contribution < 1.29 is 9.53 Å². The zero-order valence-electron chi connectivity index (χ0n) is 11.4. The van der Waals surface area contributed by atoms with E-state index in [1.54, 1.807) is 12.1 Å². The Kier molecular flexibility index (Phi) is 4.56. The second kappa shape index (κ2) is 6.57. The van der Waals surface area contributed by atoms with Crippen molar-refractivity contribution in [2.24, 2.45) is 5.73 Å². The van der Waals surface area contributed by atoms with Gasteiger partial charge >= 0.3 is 0 Å². The molecule has 0 saturated heterocycles. The molecule has 0 atom stereocenters. The first-order chi connectivity index (χ1) is 9.66. The highest BCUT2D eigenvalue weighted by atomic mass is 16.5. The lowest BCUT2D eigenvalue weighted by Crippen LogP contribution is -2.11. The first-order valence-electron chi connectivity index (χ1n) is 6.41. The normalized spacial score (nSPS) is 10.7. The van der Waals surface area contributed by atoms with E-state index in [0.717, 1.165) is 11.1 Å². The molecule has 3 heteroatoms. The first-order valence-corrected chi connectivity index (χ1v) is 6.41. The predicted molar refractivity (Wildman–Crippen MR) is 80.7 cm³/mol. The number of nitrogens with two attached hydrogens (primary N) is 1. The second-order valence-corrected chi connectivity index (χ2v) is 4.47. The van der Waals surface area contributed by atoms with Crippen molar-refractivity contribution in [3.8, 4) is 5.75 Å². The number of ether oxygens (including phenoxy) is 1. The molecule has 1 amide bonds. The summed E-state index contributed by atoms with van der Waals surface area (Å²) in [6.45, 7) is 2.37. The standard InChI is InChI=1S/C17H17NO2/c1-13-9-10-15(17(18)19)12-16(13)20-11-5-8-14-6-3-2-4-7-14/h2-10,12H,11H2,1H3,(H2,18,19)/b8-5+. The summed E-state index contributed by atoms with van der Waals surface area (Å²) in [5, 5.41) is 0. The minimum absolute atomic E-state index is 0.442. The summed E-state index contributed by atoms with van der Waals surface area (Å²) in [7, 11) is 0. The molecule has 0 saturated carbocycles. The summed E-state index contributed by atoms with van der Waals surface area (Å²) in [6, 6.07) is 15.2. The van der Waals surface area contributed by atoms with Crippen LogP contribution >= 0.6 is 0 Å². The fourth-order valence-corrected chi connectivity index (χ4v) is 1.80. The number of carbonyl (C=O) groups is 1. The summed E-state index contributed by atoms with van der Waals surface area (Å²) in [5.74, 6) is 0.230. The molecule has 0 radical (unpaired) electrons. The molecule has 0 spiro atoms. The van der Waals surface area contributed by atoms with Gasteiger partial charge in [0.05, 0.1) is 0 Å². The van der Waals surface area contributed by atoms with Crippen LogP contribution in [-0.2, 0) is 0 Å². The molecule has 2 N–H and O–H groups in total. The van der Waals surface area contributed by atoms with Gasteiger partial charge in [-0.3, -0.25) is 4.79 Å². The topological polar surface area (TPSA) is 52.3 Å². The van der Waals surface area contributed by atoms with Gasteiger partial charge in [-0.05, 0) is 36.3 Å². The monoisotopic (exact) mass is 267 g/mol. The summed E-state index contributed by atoms with van der Waals surface area (Å²) in [6.07, 6.45) is 3.93. The molecule has 2 aromatic carbocycles. The Balaban J connectivity index is 1.99. The van der Waals surface area contributed by atoms with Gasteiger partial charge in [-0.25, -0.2) is 0 Å². The largest absolute Gasteiger partial charge is 0.489 e. The van der Waals surface area contributed by atoms with Gasteiger partial charge in [0.25, 0.3) is 0 Å². The minimum Gasteiger partial charge on any atom is -0.489 e. The van der Waals surface area contributed by atoms with Crippen LogP contribution in [0.3, 0.4) is 0 Å². The van der Waals surface area contributed by atoms with E-state index in [1.807, 2.05) is 55.5 Å². The summed E-state index contributed by atoms with van der Waals surface area (Å²) < 4.78 is 5.65. The van der Waals surface area contributed by atoms with E-state index in [0.29, 0.717) is 17.9 Å². The Hall–Kier alpha value is -2.55. The summed E-state index contributed by atoms with van der Waals surface area (Å²) in [4.78, 5) is 11.1. The molecule has 0 aliphatic rings. The highest BCUT2D eigenvalue weighted by Gasteiger charge is 2.04. The van der Waals surface area contributed by atoms with E-state index in [4.69, 9.17) is 10.5 Å². The lowest BCUT2D eigenvalue weighted by molar-refractivity contribution is 0.1000. The van der Waals surface area contributed by atoms with E-state index in [1.165, 1.54) is 0 Å². The molecule has 0 heterocycles. The first kappa shape index (κ1) is 13.9. The molecule has 20 heavy (non-hydrogen) atoms. The maximum atomic E-state index is 11.1. The zero-order chi connectivity index (χ0) is 14.4. The van der Waals surface area contributed by atoms with E-state index in [-0.39, 0.29) is 0 Å². The summed E-state index contributed by atoms with van der Waals surface area (Å²) in [5.41, 5.74) is 7.81. The van der Waals surface area contributed by atoms with Crippen LogP contribution in [-0.4, -0.2) is 12.5 Å². The van der Waals surface area contributed by atoms with Gasteiger partial charge in [-0.2, -0.15) is 0 Å². The molecule has 0 aliphatic heterocycles. The van der Waals surface area contributed by atoms with E-state index in [2.05, 4.69) is 0 Å². The van der Waals surface area contributed by atoms with Crippen LogP contribution in [0, 0.1) is 6.92 Å². The van der Waals surface area contributed by atoms with Crippen LogP contribution in [0.5, 0.6) is 5.75 Å². The van der Waals surface area contributed by atoms with E-state index < -0.39 is 5.91 Å². The molecule has 102 valence electrons. The van der Waals surface area contributed by atoms with Gasteiger partial charge in [0.15, 0.2) is 0 Å². The van der Waals surface area contributed by atoms with Crippen LogP contribution < -0.4 is 10.5 Å². The SMILES string of the molecule is Cc1ccc(C(N)=O)cc1OC/C=C/c1ccccc1. The Morgan fingerprint density at radius 3 is 2.65 bits per heavy atom. The third-order valence-corrected chi connectivity index (χ3v) is 2.92. The van der Waals surface area contributed by atoms with Crippen LogP contribution in [0.25, 0.3) is 6.08 Å². The number of hydrogen-bond donors (Lipinski definition) is 1. The molecule has 3 nitrogen and oxygen atoms in total. The number of carbonyl (C=O) groups excluding carboxylic acids is 1. The van der Waals surface area contributed by atoms with Crippen molar-refractivity contribution in [3.05, 3.63) is 71.3 Å². The lowest BCUT2D eigenvalue weighted by atomic mass is 10.1. The van der Waals surface area contributed by atoms with Crippen molar-refractivity contribution in [2.75, 3.05) is 6.61 Å². The third kappa shape index (κ3) is 3.72. The molecule has 0 aromatic heterocycles. The number of benzene rings is 2. The average Bonchev–Trinajstić information content (AvgIpc) is 2.46. The Bertz CT molecular complexity index is 618. The Labute approximate surface area is 118 Å². The van der Waals surface area contributed by atoms with Crippen LogP contribution in [0.1, 0.15) is 21.5 Å². The second-order valence-electron chi connectivity index (χ2n) is 4.47. The van der Waals surface area contributed by atoms with E-state index >= 15 is 0 Å². The van der Waals surface area contributed by atoms with Crippen LogP contribution in [0.4, 0.5) is 0 Å². The van der Waals surface area contributed by atoms with Gasteiger partial charge in [0.2, 0.25) is 5.91 Å². The smallest absolute Gasteiger partial charge is 0.248 e. The molecular formula is C17H17NO2. The molecule has 0 aliphatic carbocycles. The zero-order valence-corrected chi connectivity index (χ0v) is 11.4. The molecule has 0 bridgehead atoms. The highest BCUT2D eigenvalue weighted by molar-refractivity contribution is 5.93. The molecule has 2 aromatic rings. The fourth-order valence-electron chi connectivity index (χ4n) is 1.80. The van der Waals surface area contributed by atoms with Crippen LogP contribution in [0.2, 0.25) is 0 Å². The van der Waals surface area contributed by atoms with E-state index in [9.17, 15) is 4.79 Å².